The number of rotatable bonds is 5. The Morgan fingerprint density at radius 1 is 0.857 bits per heavy atom. The third kappa shape index (κ3) is 2.97. The van der Waals surface area contributed by atoms with Crippen LogP contribution in [0.2, 0.25) is 0 Å². The van der Waals surface area contributed by atoms with Gasteiger partial charge in [0, 0.05) is 16.2 Å². The van der Waals surface area contributed by atoms with Gasteiger partial charge in [-0.2, -0.15) is 0 Å². The van der Waals surface area contributed by atoms with Gasteiger partial charge in [0.15, 0.2) is 6.29 Å². The van der Waals surface area contributed by atoms with Crippen molar-refractivity contribution < 1.29 is 4.79 Å². The molecule has 0 unspecified atom stereocenters. The molecule has 3 heteroatoms. The van der Waals surface area contributed by atoms with E-state index in [0.717, 1.165) is 30.6 Å². The van der Waals surface area contributed by atoms with E-state index in [1.54, 1.807) is 0 Å². The number of nitrogens with zero attached hydrogens (tertiary/aromatic N) is 2. The zero-order valence-corrected chi connectivity index (χ0v) is 15.3. The Labute approximate surface area is 130 Å². The molecule has 0 aromatic rings. The van der Waals surface area contributed by atoms with Gasteiger partial charge >= 0.3 is 0 Å². The summed E-state index contributed by atoms with van der Waals surface area (Å²) in [6, 6.07) is 0. The van der Waals surface area contributed by atoms with E-state index in [1.807, 2.05) is 20.8 Å². The maximum Gasteiger partial charge on any atom is 0.210 e. The van der Waals surface area contributed by atoms with Crippen LogP contribution in [0, 0.1) is 16.2 Å². The molecule has 0 atom stereocenters. The van der Waals surface area contributed by atoms with Gasteiger partial charge in [-0.15, -0.1) is 0 Å². The van der Waals surface area contributed by atoms with Crippen molar-refractivity contribution in [3.8, 4) is 0 Å². The Hall–Kier alpha value is -0.990. The fourth-order valence-corrected chi connectivity index (χ4v) is 2.32. The lowest BCUT2D eigenvalue weighted by Crippen LogP contribution is -2.40. The molecule has 0 saturated carbocycles. The highest BCUT2D eigenvalue weighted by Gasteiger charge is 2.50. The van der Waals surface area contributed by atoms with Crippen LogP contribution in [0.5, 0.6) is 0 Å². The van der Waals surface area contributed by atoms with Crippen molar-refractivity contribution in [2.24, 2.45) is 26.2 Å². The second kappa shape index (κ2) is 5.33. The highest BCUT2D eigenvalue weighted by Crippen LogP contribution is 2.43. The SMILES string of the molecule is CCC(C)(C)C1=NC(C=O)(C(C)(C)C)N=C1C(C)(C)CC. The highest BCUT2D eigenvalue weighted by molar-refractivity contribution is 6.47. The van der Waals surface area contributed by atoms with Crippen LogP contribution in [0.25, 0.3) is 0 Å². The topological polar surface area (TPSA) is 41.8 Å². The molecule has 0 saturated heterocycles. The van der Waals surface area contributed by atoms with Crippen molar-refractivity contribution in [2.45, 2.75) is 80.8 Å². The minimum Gasteiger partial charge on any atom is -0.298 e. The Bertz CT molecular complexity index is 444. The predicted molar refractivity (Wildman–Crippen MR) is 91.3 cm³/mol. The standard InChI is InChI=1S/C18H32N2O/c1-10-16(6,7)13-14(17(8,9)11-2)20-18(12-21,19-13)15(3,4)5/h12H,10-11H2,1-9H3. The average Bonchev–Trinajstić information content (AvgIpc) is 2.81. The zero-order chi connectivity index (χ0) is 16.7. The molecule has 120 valence electrons. The molecule has 0 radical (unpaired) electrons. The normalized spacial score (nSPS) is 19.3. The summed E-state index contributed by atoms with van der Waals surface area (Å²) in [5.74, 6) is 0. The molecule has 0 N–H and O–H groups in total. The molecule has 0 bridgehead atoms. The molecule has 0 fully saturated rings. The second-order valence-electron chi connectivity index (χ2n) is 8.49. The van der Waals surface area contributed by atoms with Gasteiger partial charge in [-0.1, -0.05) is 62.3 Å². The van der Waals surface area contributed by atoms with Crippen molar-refractivity contribution in [3.63, 3.8) is 0 Å². The van der Waals surface area contributed by atoms with E-state index in [1.165, 1.54) is 0 Å². The maximum absolute atomic E-state index is 11.9. The Morgan fingerprint density at radius 2 is 1.19 bits per heavy atom. The first-order chi connectivity index (χ1) is 9.37. The summed E-state index contributed by atoms with van der Waals surface area (Å²) in [7, 11) is 0. The Morgan fingerprint density at radius 3 is 1.38 bits per heavy atom. The van der Waals surface area contributed by atoms with Crippen LogP contribution in [-0.4, -0.2) is 23.4 Å². The number of carbonyl (C=O) groups is 1. The molecule has 0 aliphatic carbocycles. The fraction of sp³-hybridized carbons (Fsp3) is 0.833. The summed E-state index contributed by atoms with van der Waals surface area (Å²) in [4.78, 5) is 21.7. The van der Waals surface area contributed by atoms with E-state index in [0.29, 0.717) is 0 Å². The summed E-state index contributed by atoms with van der Waals surface area (Å²) in [6.45, 7) is 19.2. The Kier molecular flexibility index (Phi) is 4.58. The number of aldehydes is 1. The number of hydrogen-bond donors (Lipinski definition) is 0. The maximum atomic E-state index is 11.9. The van der Waals surface area contributed by atoms with Gasteiger partial charge in [0.1, 0.15) is 0 Å². The quantitative estimate of drug-likeness (QED) is 0.677. The van der Waals surface area contributed by atoms with Crippen LogP contribution < -0.4 is 0 Å². The predicted octanol–water partition coefficient (Wildman–Crippen LogP) is 4.70. The van der Waals surface area contributed by atoms with E-state index < -0.39 is 5.66 Å². The molecule has 1 heterocycles. The third-order valence-electron chi connectivity index (χ3n) is 5.11. The van der Waals surface area contributed by atoms with Gasteiger partial charge in [0.25, 0.3) is 0 Å². The molecule has 0 spiro atoms. The molecule has 0 amide bonds. The lowest BCUT2D eigenvalue weighted by molar-refractivity contribution is -0.114. The van der Waals surface area contributed by atoms with Gasteiger partial charge < -0.3 is 0 Å². The number of hydrogen-bond acceptors (Lipinski definition) is 3. The Balaban J connectivity index is 3.60. The van der Waals surface area contributed by atoms with Crippen molar-refractivity contribution in [1.82, 2.24) is 0 Å². The summed E-state index contributed by atoms with van der Waals surface area (Å²) in [5, 5.41) is 0. The first kappa shape index (κ1) is 18.1. The molecule has 0 aromatic carbocycles. The molecule has 1 aliphatic heterocycles. The van der Waals surface area contributed by atoms with Gasteiger partial charge in [0.2, 0.25) is 5.66 Å². The first-order valence-electron chi connectivity index (χ1n) is 8.04. The smallest absolute Gasteiger partial charge is 0.210 e. The van der Waals surface area contributed by atoms with Crippen LogP contribution in [0.1, 0.15) is 75.2 Å². The van der Waals surface area contributed by atoms with Gasteiger partial charge in [-0.3, -0.25) is 4.79 Å². The van der Waals surface area contributed by atoms with E-state index in [4.69, 9.17) is 9.98 Å². The van der Waals surface area contributed by atoms with Crippen molar-refractivity contribution in [3.05, 3.63) is 0 Å². The van der Waals surface area contributed by atoms with Crippen molar-refractivity contribution >= 4 is 17.7 Å². The van der Waals surface area contributed by atoms with E-state index in [2.05, 4.69) is 41.5 Å². The molecule has 1 aliphatic rings. The van der Waals surface area contributed by atoms with Crippen LogP contribution in [0.3, 0.4) is 0 Å². The average molecular weight is 292 g/mol. The monoisotopic (exact) mass is 292 g/mol. The largest absolute Gasteiger partial charge is 0.298 e. The van der Waals surface area contributed by atoms with Gasteiger partial charge in [-0.05, 0) is 12.8 Å². The number of carbonyl (C=O) groups excluding carboxylic acids is 1. The number of aliphatic imine (C=N–C) groups is 2. The van der Waals surface area contributed by atoms with Gasteiger partial charge in [-0.25, -0.2) is 9.98 Å². The van der Waals surface area contributed by atoms with E-state index in [-0.39, 0.29) is 16.2 Å². The molecule has 21 heavy (non-hydrogen) atoms. The minimum atomic E-state index is -0.976. The molecular weight excluding hydrogens is 260 g/mol. The summed E-state index contributed by atoms with van der Waals surface area (Å²) < 4.78 is 0. The summed E-state index contributed by atoms with van der Waals surface area (Å²) in [5.41, 5.74) is 0.590. The third-order valence-corrected chi connectivity index (χ3v) is 5.11. The lowest BCUT2D eigenvalue weighted by Gasteiger charge is -2.31. The second-order valence-corrected chi connectivity index (χ2v) is 8.49. The summed E-state index contributed by atoms with van der Waals surface area (Å²) >= 11 is 0. The molecule has 1 rings (SSSR count). The van der Waals surface area contributed by atoms with Crippen LogP contribution in [0.15, 0.2) is 9.98 Å². The fourth-order valence-electron chi connectivity index (χ4n) is 2.32. The summed E-state index contributed by atoms with van der Waals surface area (Å²) in [6.07, 6.45) is 2.88. The molecule has 3 nitrogen and oxygen atoms in total. The first-order valence-corrected chi connectivity index (χ1v) is 8.04. The molecular formula is C18H32N2O. The van der Waals surface area contributed by atoms with Crippen molar-refractivity contribution in [1.29, 1.82) is 0 Å². The highest BCUT2D eigenvalue weighted by atomic mass is 16.1. The molecule has 0 aromatic heterocycles. The van der Waals surface area contributed by atoms with Crippen LogP contribution in [-0.2, 0) is 4.79 Å². The lowest BCUT2D eigenvalue weighted by atomic mass is 9.73. The minimum absolute atomic E-state index is 0.0682. The van der Waals surface area contributed by atoms with Gasteiger partial charge in [0.05, 0.1) is 11.4 Å². The van der Waals surface area contributed by atoms with Crippen molar-refractivity contribution in [2.75, 3.05) is 0 Å². The van der Waals surface area contributed by atoms with E-state index >= 15 is 0 Å². The zero-order valence-electron chi connectivity index (χ0n) is 15.3. The van der Waals surface area contributed by atoms with Crippen LogP contribution in [0.4, 0.5) is 0 Å². The van der Waals surface area contributed by atoms with Crippen LogP contribution >= 0.6 is 0 Å². The van der Waals surface area contributed by atoms with E-state index in [9.17, 15) is 4.79 Å².